The van der Waals surface area contributed by atoms with Crippen LogP contribution in [0.5, 0.6) is 0 Å². The van der Waals surface area contributed by atoms with Crippen LogP contribution in [0.25, 0.3) is 6.08 Å². The summed E-state index contributed by atoms with van der Waals surface area (Å²) in [4.78, 5) is 26.2. The van der Waals surface area contributed by atoms with Crippen LogP contribution in [-0.2, 0) is 9.53 Å². The summed E-state index contributed by atoms with van der Waals surface area (Å²) < 4.78 is 6.11. The molecule has 1 amide bonds. The number of rotatable bonds is 3. The van der Waals surface area contributed by atoms with Gasteiger partial charge in [0.1, 0.15) is 0 Å². The van der Waals surface area contributed by atoms with E-state index in [-0.39, 0.29) is 5.91 Å². The Bertz CT molecular complexity index is 876. The summed E-state index contributed by atoms with van der Waals surface area (Å²) in [5.41, 5.74) is 1.96. The first-order chi connectivity index (χ1) is 12.0. The normalized spacial score (nSPS) is 15.8. The summed E-state index contributed by atoms with van der Waals surface area (Å²) >= 11 is 9.99. The lowest BCUT2D eigenvalue weighted by Gasteiger charge is -2.14. The van der Waals surface area contributed by atoms with Crippen LogP contribution in [0.3, 0.4) is 0 Å². The topological polar surface area (TPSA) is 46.6 Å². The molecule has 0 aromatic heterocycles. The second kappa shape index (κ2) is 7.51. The van der Waals surface area contributed by atoms with Gasteiger partial charge in [0.15, 0.2) is 4.32 Å². The molecule has 1 fully saturated rings. The molecule has 0 atom stereocenters. The summed E-state index contributed by atoms with van der Waals surface area (Å²) in [7, 11) is 1.32. The minimum atomic E-state index is -0.424. The predicted molar refractivity (Wildman–Crippen MR) is 108 cm³/mol. The highest BCUT2D eigenvalue weighted by atomic mass is 79.9. The molecule has 4 nitrogen and oxygen atoms in total. The fourth-order valence-electron chi connectivity index (χ4n) is 2.27. The fraction of sp³-hybridized carbons (Fsp3) is 0.0556. The number of thiocarbonyl (C=S) groups is 1. The van der Waals surface area contributed by atoms with Gasteiger partial charge in [-0.15, -0.1) is 0 Å². The van der Waals surface area contributed by atoms with E-state index in [2.05, 4.69) is 20.7 Å². The molecule has 0 N–H and O–H groups in total. The number of carbonyl (C=O) groups is 2. The first-order valence-corrected chi connectivity index (χ1v) is 9.23. The first-order valence-electron chi connectivity index (χ1n) is 7.21. The highest BCUT2D eigenvalue weighted by Gasteiger charge is 2.33. The molecule has 0 radical (unpaired) electrons. The molecule has 1 heterocycles. The van der Waals surface area contributed by atoms with Gasteiger partial charge < -0.3 is 4.74 Å². The molecular formula is C18H12BrNO3S2. The zero-order valence-corrected chi connectivity index (χ0v) is 16.3. The number of ether oxygens (including phenoxy) is 1. The van der Waals surface area contributed by atoms with Gasteiger partial charge in [-0.1, -0.05) is 52.0 Å². The van der Waals surface area contributed by atoms with E-state index in [4.69, 9.17) is 12.2 Å². The van der Waals surface area contributed by atoms with Crippen molar-refractivity contribution in [3.8, 4) is 0 Å². The minimum absolute atomic E-state index is 0.177. The van der Waals surface area contributed by atoms with Crippen LogP contribution in [0, 0.1) is 0 Å². The van der Waals surface area contributed by atoms with Gasteiger partial charge in [-0.25, -0.2) is 4.79 Å². The Morgan fingerprint density at radius 1 is 1.16 bits per heavy atom. The van der Waals surface area contributed by atoms with Gasteiger partial charge in [0.25, 0.3) is 5.91 Å². The number of nitrogens with zero attached hydrogens (tertiary/aromatic N) is 1. The Labute approximate surface area is 163 Å². The summed E-state index contributed by atoms with van der Waals surface area (Å²) in [5, 5.41) is 0. The van der Waals surface area contributed by atoms with Crippen LogP contribution in [0.2, 0.25) is 0 Å². The average molecular weight is 434 g/mol. The average Bonchev–Trinajstić information content (AvgIpc) is 2.90. The van der Waals surface area contributed by atoms with Crippen molar-refractivity contribution in [3.05, 3.63) is 69.0 Å². The molecule has 1 saturated heterocycles. The third-order valence-corrected chi connectivity index (χ3v) is 5.34. The van der Waals surface area contributed by atoms with Gasteiger partial charge in [0.2, 0.25) is 0 Å². The maximum atomic E-state index is 12.7. The van der Waals surface area contributed by atoms with Crippen molar-refractivity contribution in [1.82, 2.24) is 0 Å². The highest BCUT2D eigenvalue weighted by molar-refractivity contribution is 9.10. The largest absolute Gasteiger partial charge is 0.465 e. The molecule has 2 aromatic rings. The predicted octanol–water partition coefficient (Wildman–Crippen LogP) is 4.64. The van der Waals surface area contributed by atoms with Crippen LogP contribution in [0.15, 0.2) is 57.9 Å². The number of benzene rings is 2. The van der Waals surface area contributed by atoms with E-state index in [0.717, 1.165) is 10.0 Å². The molecule has 0 unspecified atom stereocenters. The molecule has 0 bridgehead atoms. The maximum Gasteiger partial charge on any atom is 0.337 e. The van der Waals surface area contributed by atoms with E-state index >= 15 is 0 Å². The molecule has 1 aliphatic rings. The van der Waals surface area contributed by atoms with Gasteiger partial charge in [-0.3, -0.25) is 9.69 Å². The number of methoxy groups -OCH3 is 1. The molecular weight excluding hydrogens is 422 g/mol. The highest BCUT2D eigenvalue weighted by Crippen LogP contribution is 2.36. The molecule has 3 rings (SSSR count). The van der Waals surface area contributed by atoms with Crippen molar-refractivity contribution in [1.29, 1.82) is 0 Å². The SMILES string of the molecule is COC(=O)c1ccc(N2C(=O)C(=Cc3ccc(Br)cc3)SC2=S)cc1. The van der Waals surface area contributed by atoms with E-state index in [1.165, 1.54) is 23.8 Å². The molecule has 126 valence electrons. The lowest BCUT2D eigenvalue weighted by Crippen LogP contribution is -2.27. The molecule has 2 aromatic carbocycles. The molecule has 1 aliphatic heterocycles. The zero-order chi connectivity index (χ0) is 18.0. The van der Waals surface area contributed by atoms with Crippen molar-refractivity contribution in [2.45, 2.75) is 0 Å². The van der Waals surface area contributed by atoms with Gasteiger partial charge in [-0.2, -0.15) is 0 Å². The number of amides is 1. The maximum absolute atomic E-state index is 12.7. The molecule has 0 aliphatic carbocycles. The Morgan fingerprint density at radius 3 is 2.40 bits per heavy atom. The molecule has 0 spiro atoms. The van der Waals surface area contributed by atoms with Crippen molar-refractivity contribution >= 4 is 67.9 Å². The number of anilines is 1. The Morgan fingerprint density at radius 2 is 1.80 bits per heavy atom. The van der Waals surface area contributed by atoms with Crippen molar-refractivity contribution < 1.29 is 14.3 Å². The van der Waals surface area contributed by atoms with Gasteiger partial charge >= 0.3 is 5.97 Å². The smallest absolute Gasteiger partial charge is 0.337 e. The summed E-state index contributed by atoms with van der Waals surface area (Å²) in [6.07, 6.45) is 1.81. The first kappa shape index (κ1) is 17.8. The number of hydrogen-bond acceptors (Lipinski definition) is 5. The number of thioether (sulfide) groups is 1. The summed E-state index contributed by atoms with van der Waals surface area (Å²) in [6.45, 7) is 0. The molecule has 0 saturated carbocycles. The van der Waals surface area contributed by atoms with Crippen LogP contribution in [-0.4, -0.2) is 23.3 Å². The Balaban J connectivity index is 1.86. The summed E-state index contributed by atoms with van der Waals surface area (Å²) in [6, 6.07) is 14.2. The van der Waals surface area contributed by atoms with E-state index in [0.29, 0.717) is 20.5 Å². The quantitative estimate of drug-likeness (QED) is 0.400. The van der Waals surface area contributed by atoms with Crippen molar-refractivity contribution in [2.75, 3.05) is 12.0 Å². The third kappa shape index (κ3) is 3.84. The minimum Gasteiger partial charge on any atom is -0.465 e. The lowest BCUT2D eigenvalue weighted by molar-refractivity contribution is -0.113. The van der Waals surface area contributed by atoms with Crippen molar-refractivity contribution in [2.24, 2.45) is 0 Å². The number of halogens is 1. The monoisotopic (exact) mass is 433 g/mol. The zero-order valence-electron chi connectivity index (χ0n) is 13.1. The number of carbonyl (C=O) groups excluding carboxylic acids is 2. The Hall–Kier alpha value is -1.96. The fourth-order valence-corrected chi connectivity index (χ4v) is 3.83. The lowest BCUT2D eigenvalue weighted by atomic mass is 10.2. The van der Waals surface area contributed by atoms with Crippen molar-refractivity contribution in [3.63, 3.8) is 0 Å². The van der Waals surface area contributed by atoms with Gasteiger partial charge in [0.05, 0.1) is 23.3 Å². The molecule has 25 heavy (non-hydrogen) atoms. The number of hydrogen-bond donors (Lipinski definition) is 0. The second-order valence-electron chi connectivity index (χ2n) is 5.11. The standard InChI is InChI=1S/C18H12BrNO3S2/c1-23-17(22)12-4-8-14(9-5-12)20-16(21)15(25-18(20)24)10-11-2-6-13(19)7-3-11/h2-10H,1H3. The van der Waals surface area contributed by atoms with E-state index in [9.17, 15) is 9.59 Å². The van der Waals surface area contributed by atoms with Crippen LogP contribution >= 0.6 is 39.9 Å². The summed E-state index contributed by atoms with van der Waals surface area (Å²) in [5.74, 6) is -0.601. The second-order valence-corrected chi connectivity index (χ2v) is 7.70. The van der Waals surface area contributed by atoms with Crippen LogP contribution in [0.4, 0.5) is 5.69 Å². The van der Waals surface area contributed by atoms with Crippen LogP contribution < -0.4 is 4.90 Å². The molecule has 7 heteroatoms. The van der Waals surface area contributed by atoms with Gasteiger partial charge in [-0.05, 0) is 48.0 Å². The number of esters is 1. The van der Waals surface area contributed by atoms with E-state index in [1.54, 1.807) is 24.3 Å². The van der Waals surface area contributed by atoms with E-state index < -0.39 is 5.97 Å². The third-order valence-electron chi connectivity index (χ3n) is 3.51. The Kier molecular flexibility index (Phi) is 5.36. The van der Waals surface area contributed by atoms with Crippen LogP contribution in [0.1, 0.15) is 15.9 Å². The van der Waals surface area contributed by atoms with Gasteiger partial charge in [0, 0.05) is 4.47 Å². The van der Waals surface area contributed by atoms with E-state index in [1.807, 2.05) is 30.3 Å².